The van der Waals surface area contributed by atoms with Crippen LogP contribution in [0.15, 0.2) is 23.0 Å². The van der Waals surface area contributed by atoms with Crippen LogP contribution in [-0.4, -0.2) is 87.0 Å². The van der Waals surface area contributed by atoms with Crippen LogP contribution in [0.25, 0.3) is 5.76 Å². The monoisotopic (exact) mass is 586 g/mol. The Hall–Kier alpha value is -3.81. The highest BCUT2D eigenvalue weighted by atomic mass is 19.1. The van der Waals surface area contributed by atoms with Crippen LogP contribution in [0.5, 0.6) is 5.75 Å². The summed E-state index contributed by atoms with van der Waals surface area (Å²) >= 11 is 0. The first-order chi connectivity index (χ1) is 19.6. The largest absolute Gasteiger partial charge is 0.508 e. The third-order valence-corrected chi connectivity index (χ3v) is 9.25. The maximum atomic E-state index is 15.6. The average Bonchev–Trinajstić information content (AvgIpc) is 3.41. The van der Waals surface area contributed by atoms with Gasteiger partial charge in [0.05, 0.1) is 23.8 Å². The lowest BCUT2D eigenvalue weighted by Gasteiger charge is -2.53. The molecular weight excluding hydrogens is 551 g/mol. The fourth-order valence-corrected chi connectivity index (χ4v) is 7.29. The van der Waals surface area contributed by atoms with E-state index in [1.165, 1.54) is 19.0 Å². The lowest BCUT2D eigenvalue weighted by molar-refractivity contribution is -0.156. The zero-order chi connectivity index (χ0) is 30.9. The number of aliphatic hydroxyl groups is 3. The number of nitrogens with one attached hydrogen (secondary N) is 2. The highest BCUT2D eigenvalue weighted by Gasteiger charge is 2.66. The number of carbonyl (C=O) groups is 4. The molecule has 8 N–H and O–H groups in total. The van der Waals surface area contributed by atoms with Gasteiger partial charge in [0.25, 0.3) is 5.91 Å². The Labute approximate surface area is 241 Å². The molecule has 12 nitrogen and oxygen atoms in total. The molecule has 1 aromatic rings. The van der Waals surface area contributed by atoms with Gasteiger partial charge in [0.15, 0.2) is 17.1 Å². The smallest absolute Gasteiger partial charge is 0.255 e. The topological polar surface area (TPSA) is 203 Å². The van der Waals surface area contributed by atoms with Gasteiger partial charge in [-0.25, -0.2) is 4.39 Å². The molecule has 1 aromatic carbocycles. The number of halogens is 1. The number of fused-ring (bicyclic) bond motifs is 3. The van der Waals surface area contributed by atoms with E-state index in [-0.39, 0.29) is 36.7 Å². The van der Waals surface area contributed by atoms with Gasteiger partial charge in [0.2, 0.25) is 11.7 Å². The van der Waals surface area contributed by atoms with Crippen LogP contribution in [0.2, 0.25) is 0 Å². The van der Waals surface area contributed by atoms with Crippen molar-refractivity contribution in [3.63, 3.8) is 0 Å². The number of anilines is 1. The van der Waals surface area contributed by atoms with Crippen molar-refractivity contribution in [2.24, 2.45) is 17.1 Å². The molecule has 42 heavy (non-hydrogen) atoms. The van der Waals surface area contributed by atoms with E-state index in [0.29, 0.717) is 0 Å². The normalized spacial score (nSPS) is 29.5. The summed E-state index contributed by atoms with van der Waals surface area (Å²) < 4.78 is 15.6. The number of phenols is 1. The summed E-state index contributed by atoms with van der Waals surface area (Å²) in [4.78, 5) is 53.4. The maximum absolute atomic E-state index is 15.6. The SMILES string of the molecule is CN(C)[C@@H]1C(=O)C(C(N)=O)=C(O)[C@@]2(O)C(=O)C3=C(O)c4c(O)c(NC(=O)CNC5CCCC5)cc(F)c4C[C@@]3(C)C[C@@H]12. The Kier molecular flexibility index (Phi) is 7.19. The van der Waals surface area contributed by atoms with Crippen molar-refractivity contribution in [2.75, 3.05) is 26.0 Å². The highest BCUT2D eigenvalue weighted by molar-refractivity contribution is 6.24. The molecule has 13 heteroatoms. The second-order valence-electron chi connectivity index (χ2n) is 12.2. The molecule has 2 saturated carbocycles. The van der Waals surface area contributed by atoms with E-state index >= 15 is 4.39 Å². The van der Waals surface area contributed by atoms with Gasteiger partial charge in [0.1, 0.15) is 22.9 Å². The Balaban J connectivity index is 1.59. The van der Waals surface area contributed by atoms with Gasteiger partial charge in [-0.05, 0) is 39.8 Å². The van der Waals surface area contributed by atoms with Crippen molar-refractivity contribution < 1.29 is 44.0 Å². The predicted molar refractivity (Wildman–Crippen MR) is 148 cm³/mol. The zero-order valence-electron chi connectivity index (χ0n) is 23.6. The molecule has 0 unspecified atom stereocenters. The highest BCUT2D eigenvalue weighted by Crippen LogP contribution is 2.58. The van der Waals surface area contributed by atoms with Crippen molar-refractivity contribution in [2.45, 2.75) is 63.1 Å². The van der Waals surface area contributed by atoms with Crippen molar-refractivity contribution in [3.8, 4) is 5.75 Å². The number of Topliss-reactive ketones (excluding diaryl/α,β-unsaturated/α-hetero) is 2. The number of phenolic OH excluding ortho intramolecular Hbond substituents is 1. The third-order valence-electron chi connectivity index (χ3n) is 9.25. The lowest BCUT2D eigenvalue weighted by atomic mass is 9.52. The van der Waals surface area contributed by atoms with E-state index in [4.69, 9.17) is 5.73 Å². The van der Waals surface area contributed by atoms with E-state index < -0.39 is 86.2 Å². The summed E-state index contributed by atoms with van der Waals surface area (Å²) in [6.07, 6.45) is 3.57. The summed E-state index contributed by atoms with van der Waals surface area (Å²) in [6.45, 7) is 1.46. The second-order valence-corrected chi connectivity index (χ2v) is 12.2. The Bertz CT molecular complexity index is 1480. The third kappa shape index (κ3) is 4.29. The number of benzene rings is 1. The van der Waals surface area contributed by atoms with Gasteiger partial charge in [0, 0.05) is 34.6 Å². The molecule has 5 rings (SSSR count). The summed E-state index contributed by atoms with van der Waals surface area (Å²) in [5, 5.41) is 50.8. The van der Waals surface area contributed by atoms with E-state index in [2.05, 4.69) is 10.6 Å². The van der Waals surface area contributed by atoms with Crippen LogP contribution >= 0.6 is 0 Å². The van der Waals surface area contributed by atoms with E-state index in [0.717, 1.165) is 31.7 Å². The summed E-state index contributed by atoms with van der Waals surface area (Å²) in [7, 11) is 2.99. The first-order valence-electron chi connectivity index (χ1n) is 13.9. The molecule has 4 atom stereocenters. The van der Waals surface area contributed by atoms with Crippen molar-refractivity contribution in [1.29, 1.82) is 0 Å². The summed E-state index contributed by atoms with van der Waals surface area (Å²) in [5.74, 6) is -8.88. The number of aromatic hydroxyl groups is 1. The molecule has 4 aliphatic carbocycles. The number of rotatable bonds is 6. The molecule has 0 bridgehead atoms. The first kappa shape index (κ1) is 29.7. The number of aliphatic hydroxyl groups excluding tert-OH is 2. The van der Waals surface area contributed by atoms with Crippen LogP contribution in [0.1, 0.15) is 50.2 Å². The van der Waals surface area contributed by atoms with Gasteiger partial charge >= 0.3 is 0 Å². The molecule has 0 saturated heterocycles. The van der Waals surface area contributed by atoms with Crippen molar-refractivity contribution in [1.82, 2.24) is 10.2 Å². The quantitative estimate of drug-likeness (QED) is 0.186. The molecule has 226 valence electrons. The van der Waals surface area contributed by atoms with Crippen LogP contribution in [0.3, 0.4) is 0 Å². The predicted octanol–water partition coefficient (Wildman–Crippen LogP) is 0.964. The fraction of sp³-hybridized carbons (Fsp3) is 0.517. The van der Waals surface area contributed by atoms with Gasteiger partial charge in [-0.15, -0.1) is 0 Å². The van der Waals surface area contributed by atoms with Gasteiger partial charge in [-0.1, -0.05) is 19.8 Å². The minimum absolute atomic E-state index is 0.0829. The minimum Gasteiger partial charge on any atom is -0.508 e. The van der Waals surface area contributed by atoms with E-state index in [1.54, 1.807) is 6.92 Å². The molecule has 0 aliphatic heterocycles. The maximum Gasteiger partial charge on any atom is 0.255 e. The molecule has 0 spiro atoms. The summed E-state index contributed by atoms with van der Waals surface area (Å²) in [6, 6.07) is -0.135. The number of nitrogens with zero attached hydrogens (tertiary/aromatic N) is 1. The molecule has 0 heterocycles. The molecule has 0 radical (unpaired) electrons. The number of hydrogen-bond donors (Lipinski definition) is 7. The van der Waals surface area contributed by atoms with Crippen LogP contribution in [-0.2, 0) is 25.6 Å². The number of ketones is 2. The Morgan fingerprint density at radius 1 is 1.17 bits per heavy atom. The van der Waals surface area contributed by atoms with Gasteiger partial charge < -0.3 is 36.8 Å². The Morgan fingerprint density at radius 2 is 1.81 bits per heavy atom. The number of hydrogen-bond acceptors (Lipinski definition) is 10. The molecular formula is C29H35FN4O8. The number of primary amides is 1. The second kappa shape index (κ2) is 10.2. The van der Waals surface area contributed by atoms with Crippen molar-refractivity contribution in [3.05, 3.63) is 39.9 Å². The van der Waals surface area contributed by atoms with E-state index in [1.807, 2.05) is 0 Å². The molecule has 2 fully saturated rings. The van der Waals surface area contributed by atoms with Crippen LogP contribution in [0, 0.1) is 17.2 Å². The number of likely N-dealkylation sites (N-methyl/N-ethyl adjacent to an activating group) is 1. The zero-order valence-corrected chi connectivity index (χ0v) is 23.6. The Morgan fingerprint density at radius 3 is 2.40 bits per heavy atom. The molecule has 0 aromatic heterocycles. The van der Waals surface area contributed by atoms with Crippen LogP contribution in [0.4, 0.5) is 10.1 Å². The standard InChI is InChI=1S/C29H35FN4O8/c1-28-9-13-15(30)8-16(33-17(35)11-32-12-6-4-5-7-12)22(36)18(13)23(37)20(28)26(40)29(42)14(10-28)21(34(2)3)24(38)19(25(29)39)27(31)41/h8,12,14,21,32,36-37,39,42H,4-7,9-11H2,1-3H3,(H2,31,41)(H,33,35)/t14-,21-,28-,29+/m0/s1. The van der Waals surface area contributed by atoms with E-state index in [9.17, 15) is 39.6 Å². The lowest BCUT2D eigenvalue weighted by Crippen LogP contribution is -2.67. The number of amides is 2. The van der Waals surface area contributed by atoms with Gasteiger partial charge in [-0.3, -0.25) is 24.1 Å². The fourth-order valence-electron chi connectivity index (χ4n) is 7.29. The number of carbonyl (C=O) groups excluding carboxylic acids is 4. The molecule has 2 amide bonds. The minimum atomic E-state index is -2.82. The number of nitrogens with two attached hydrogens (primary N) is 1. The summed E-state index contributed by atoms with van der Waals surface area (Å²) in [5.41, 5.74) is -1.07. The molecule has 4 aliphatic rings. The van der Waals surface area contributed by atoms with Crippen molar-refractivity contribution >= 4 is 34.8 Å². The average molecular weight is 587 g/mol. The van der Waals surface area contributed by atoms with Gasteiger partial charge in [-0.2, -0.15) is 0 Å². The van der Waals surface area contributed by atoms with Crippen LogP contribution < -0.4 is 16.4 Å². The first-order valence-corrected chi connectivity index (χ1v) is 13.9.